The molecule has 1 rings (SSSR count). The van der Waals surface area contributed by atoms with Crippen LogP contribution in [0.5, 0.6) is 0 Å². The van der Waals surface area contributed by atoms with Crippen molar-refractivity contribution in [2.75, 3.05) is 0 Å². The van der Waals surface area contributed by atoms with Gasteiger partial charge in [0.25, 0.3) is 0 Å². The van der Waals surface area contributed by atoms with E-state index in [4.69, 9.17) is 0 Å². The van der Waals surface area contributed by atoms with E-state index in [9.17, 15) is 0 Å². The Morgan fingerprint density at radius 2 is 2.33 bits per heavy atom. The number of H-pyrrole nitrogens is 1. The Balaban J connectivity index is 2.41. The highest BCUT2D eigenvalue weighted by Crippen LogP contribution is 1.97. The molecule has 0 saturated heterocycles. The van der Waals surface area contributed by atoms with Gasteiger partial charge in [-0.1, -0.05) is 20.8 Å². The monoisotopic (exact) mass is 167 g/mol. The van der Waals surface area contributed by atoms with Crippen molar-refractivity contribution in [3.8, 4) is 0 Å². The van der Waals surface area contributed by atoms with Crippen LogP contribution in [0.25, 0.3) is 0 Å². The van der Waals surface area contributed by atoms with Crippen molar-refractivity contribution >= 4 is 0 Å². The van der Waals surface area contributed by atoms with Gasteiger partial charge in [-0.2, -0.15) is 0 Å². The van der Waals surface area contributed by atoms with E-state index in [0.29, 0.717) is 6.04 Å². The molecular weight excluding hydrogens is 150 g/mol. The first-order valence-corrected chi connectivity index (χ1v) is 4.48. The molecule has 1 heterocycles. The van der Waals surface area contributed by atoms with E-state index in [1.165, 1.54) is 5.69 Å². The maximum absolute atomic E-state index is 4.22. The second kappa shape index (κ2) is 4.26. The molecule has 0 aliphatic carbocycles. The van der Waals surface area contributed by atoms with Crippen LogP contribution in [-0.4, -0.2) is 16.0 Å². The van der Waals surface area contributed by atoms with Crippen molar-refractivity contribution in [1.82, 2.24) is 15.3 Å². The Bertz CT molecular complexity index is 227. The van der Waals surface area contributed by atoms with Crippen molar-refractivity contribution in [3.05, 3.63) is 17.7 Å². The fraction of sp³-hybridized carbons (Fsp3) is 0.667. The van der Waals surface area contributed by atoms with Gasteiger partial charge in [-0.3, -0.25) is 0 Å². The van der Waals surface area contributed by atoms with Crippen LogP contribution < -0.4 is 5.32 Å². The third kappa shape index (κ3) is 2.66. The minimum Gasteiger partial charge on any atom is -0.345 e. The molecule has 1 aromatic rings. The third-order valence-electron chi connectivity index (χ3n) is 1.72. The lowest BCUT2D eigenvalue weighted by Crippen LogP contribution is -2.21. The summed E-state index contributed by atoms with van der Waals surface area (Å²) < 4.78 is 0. The number of hydrogen-bond acceptors (Lipinski definition) is 2. The molecule has 0 spiro atoms. The molecule has 3 heteroatoms. The lowest BCUT2D eigenvalue weighted by Gasteiger charge is -2.05. The van der Waals surface area contributed by atoms with E-state index in [-0.39, 0.29) is 0 Å². The average molecular weight is 167 g/mol. The number of nitrogens with one attached hydrogen (secondary N) is 2. The second-order valence-corrected chi connectivity index (χ2v) is 3.24. The normalized spacial score (nSPS) is 11.0. The smallest absolute Gasteiger partial charge is 0.105 e. The van der Waals surface area contributed by atoms with Crippen LogP contribution in [0.2, 0.25) is 0 Å². The summed E-state index contributed by atoms with van der Waals surface area (Å²) in [5, 5.41) is 3.33. The Morgan fingerprint density at radius 3 is 2.83 bits per heavy atom. The van der Waals surface area contributed by atoms with E-state index in [2.05, 4.69) is 36.1 Å². The van der Waals surface area contributed by atoms with Gasteiger partial charge in [-0.15, -0.1) is 0 Å². The summed E-state index contributed by atoms with van der Waals surface area (Å²) in [4.78, 5) is 7.46. The van der Waals surface area contributed by atoms with Crippen LogP contribution in [0.15, 0.2) is 6.20 Å². The largest absolute Gasteiger partial charge is 0.345 e. The highest BCUT2D eigenvalue weighted by Gasteiger charge is 1.98. The molecule has 0 atom stereocenters. The molecule has 2 N–H and O–H groups in total. The van der Waals surface area contributed by atoms with Crippen LogP contribution in [0, 0.1) is 0 Å². The summed E-state index contributed by atoms with van der Waals surface area (Å²) in [7, 11) is 0. The van der Waals surface area contributed by atoms with Crippen molar-refractivity contribution in [3.63, 3.8) is 0 Å². The lowest BCUT2D eigenvalue weighted by atomic mass is 10.3. The SMILES string of the molecule is CCc1ncc(CNC(C)C)[nH]1. The van der Waals surface area contributed by atoms with Gasteiger partial charge in [0.2, 0.25) is 0 Å². The number of rotatable bonds is 4. The van der Waals surface area contributed by atoms with E-state index < -0.39 is 0 Å². The third-order valence-corrected chi connectivity index (χ3v) is 1.72. The van der Waals surface area contributed by atoms with Gasteiger partial charge in [0.15, 0.2) is 0 Å². The Hall–Kier alpha value is -0.830. The first kappa shape index (κ1) is 9.26. The number of aryl methyl sites for hydroxylation is 1. The molecule has 0 aliphatic rings. The summed E-state index contributed by atoms with van der Waals surface area (Å²) in [5.74, 6) is 1.07. The lowest BCUT2D eigenvalue weighted by molar-refractivity contribution is 0.582. The average Bonchev–Trinajstić information content (AvgIpc) is 2.48. The molecule has 0 fully saturated rings. The van der Waals surface area contributed by atoms with Gasteiger partial charge in [-0.05, 0) is 0 Å². The molecular formula is C9H17N3. The number of aromatic nitrogens is 2. The molecule has 0 aliphatic heterocycles. The fourth-order valence-corrected chi connectivity index (χ4v) is 0.989. The van der Waals surface area contributed by atoms with E-state index in [1.54, 1.807) is 0 Å². The van der Waals surface area contributed by atoms with Gasteiger partial charge in [0, 0.05) is 30.9 Å². The minimum atomic E-state index is 0.526. The molecule has 0 unspecified atom stereocenters. The number of hydrogen-bond donors (Lipinski definition) is 2. The highest BCUT2D eigenvalue weighted by atomic mass is 15.0. The molecule has 0 radical (unpaired) electrons. The van der Waals surface area contributed by atoms with E-state index in [0.717, 1.165) is 18.8 Å². The van der Waals surface area contributed by atoms with Gasteiger partial charge in [0.05, 0.1) is 0 Å². The first-order valence-electron chi connectivity index (χ1n) is 4.48. The molecule has 0 aromatic carbocycles. The standard InChI is InChI=1S/C9H17N3/c1-4-9-11-6-8(12-9)5-10-7(2)3/h6-7,10H,4-5H2,1-3H3,(H,11,12). The predicted molar refractivity (Wildman–Crippen MR) is 49.9 cm³/mol. The molecule has 12 heavy (non-hydrogen) atoms. The Labute approximate surface area is 73.6 Å². The maximum atomic E-state index is 4.22. The summed E-state index contributed by atoms with van der Waals surface area (Å²) in [5.41, 5.74) is 1.17. The fourth-order valence-electron chi connectivity index (χ4n) is 0.989. The molecule has 1 aromatic heterocycles. The zero-order valence-electron chi connectivity index (χ0n) is 8.02. The van der Waals surface area contributed by atoms with Crippen LogP contribution in [0.1, 0.15) is 32.3 Å². The second-order valence-electron chi connectivity index (χ2n) is 3.24. The van der Waals surface area contributed by atoms with Crippen molar-refractivity contribution < 1.29 is 0 Å². The number of nitrogens with zero attached hydrogens (tertiary/aromatic N) is 1. The Morgan fingerprint density at radius 1 is 1.58 bits per heavy atom. The first-order chi connectivity index (χ1) is 5.72. The minimum absolute atomic E-state index is 0.526. The quantitative estimate of drug-likeness (QED) is 0.713. The number of aromatic amines is 1. The summed E-state index contributed by atoms with van der Waals surface area (Å²) >= 11 is 0. The topological polar surface area (TPSA) is 40.7 Å². The molecule has 68 valence electrons. The maximum Gasteiger partial charge on any atom is 0.105 e. The van der Waals surface area contributed by atoms with Gasteiger partial charge in [-0.25, -0.2) is 4.98 Å². The zero-order chi connectivity index (χ0) is 8.97. The van der Waals surface area contributed by atoms with Crippen LogP contribution in [-0.2, 0) is 13.0 Å². The summed E-state index contributed by atoms with van der Waals surface area (Å²) in [6, 6.07) is 0.526. The van der Waals surface area contributed by atoms with Gasteiger partial charge in [0.1, 0.15) is 5.82 Å². The van der Waals surface area contributed by atoms with Crippen molar-refractivity contribution in [1.29, 1.82) is 0 Å². The molecule has 3 nitrogen and oxygen atoms in total. The summed E-state index contributed by atoms with van der Waals surface area (Å²) in [6.07, 6.45) is 2.87. The molecule has 0 amide bonds. The van der Waals surface area contributed by atoms with Crippen LogP contribution in [0.4, 0.5) is 0 Å². The molecule has 0 bridgehead atoms. The van der Waals surface area contributed by atoms with Crippen molar-refractivity contribution in [2.45, 2.75) is 39.8 Å². The van der Waals surface area contributed by atoms with Crippen LogP contribution in [0.3, 0.4) is 0 Å². The number of imidazole rings is 1. The summed E-state index contributed by atoms with van der Waals surface area (Å²) in [6.45, 7) is 7.25. The zero-order valence-corrected chi connectivity index (χ0v) is 8.02. The van der Waals surface area contributed by atoms with Gasteiger partial charge >= 0.3 is 0 Å². The van der Waals surface area contributed by atoms with E-state index in [1.807, 2.05) is 6.20 Å². The van der Waals surface area contributed by atoms with Gasteiger partial charge < -0.3 is 10.3 Å². The highest BCUT2D eigenvalue weighted by molar-refractivity contribution is 5.00. The molecule has 0 saturated carbocycles. The van der Waals surface area contributed by atoms with Crippen LogP contribution >= 0.6 is 0 Å². The Kier molecular flexibility index (Phi) is 3.29. The van der Waals surface area contributed by atoms with E-state index >= 15 is 0 Å². The van der Waals surface area contributed by atoms with Crippen molar-refractivity contribution in [2.24, 2.45) is 0 Å². The predicted octanol–water partition coefficient (Wildman–Crippen LogP) is 1.47.